The van der Waals surface area contributed by atoms with Crippen molar-refractivity contribution in [2.24, 2.45) is 0 Å². The number of rotatable bonds is 3. The Morgan fingerprint density at radius 2 is 2.09 bits per heavy atom. The predicted octanol–water partition coefficient (Wildman–Crippen LogP) is 2.54. The maximum atomic E-state index is 11.4. The van der Waals surface area contributed by atoms with E-state index in [1.54, 1.807) is 0 Å². The molecule has 0 spiro atoms. The van der Waals surface area contributed by atoms with Crippen molar-refractivity contribution in [1.29, 1.82) is 0 Å². The Kier molecular flexibility index (Phi) is 2.72. The second-order valence-electron chi connectivity index (χ2n) is 5.83. The number of nitrogens with zero attached hydrogens (tertiary/aromatic N) is 3. The van der Waals surface area contributed by atoms with Crippen LogP contribution in [0.3, 0.4) is 0 Å². The fourth-order valence-electron chi connectivity index (χ4n) is 2.58. The highest BCUT2D eigenvalue weighted by molar-refractivity contribution is 5.63. The van der Waals surface area contributed by atoms with E-state index in [-0.39, 0.29) is 11.0 Å². The molecule has 1 N–H and O–H groups in total. The third-order valence-corrected chi connectivity index (χ3v) is 4.14. The number of aromatic nitrogens is 4. The van der Waals surface area contributed by atoms with E-state index >= 15 is 0 Å². The van der Waals surface area contributed by atoms with Gasteiger partial charge in [-0.05, 0) is 29.9 Å². The van der Waals surface area contributed by atoms with Crippen LogP contribution >= 0.6 is 0 Å². The van der Waals surface area contributed by atoms with Gasteiger partial charge in [0.1, 0.15) is 5.69 Å². The van der Waals surface area contributed by atoms with Crippen LogP contribution in [-0.4, -0.2) is 20.1 Å². The van der Waals surface area contributed by atoms with Gasteiger partial charge in [0, 0.05) is 11.6 Å². The zero-order valence-electron chi connectivity index (χ0n) is 12.0. The Labute approximate surface area is 126 Å². The van der Waals surface area contributed by atoms with Crippen molar-refractivity contribution >= 4 is 0 Å². The zero-order valence-corrected chi connectivity index (χ0v) is 12.0. The summed E-state index contributed by atoms with van der Waals surface area (Å²) < 4.78 is 5.40. The van der Waals surface area contributed by atoms with E-state index in [9.17, 15) is 4.79 Å². The first-order valence-electron chi connectivity index (χ1n) is 7.14. The fraction of sp³-hybridized carbons (Fsp3) is 0.250. The highest BCUT2D eigenvalue weighted by Crippen LogP contribution is 2.50. The first-order chi connectivity index (χ1) is 10.7. The summed E-state index contributed by atoms with van der Waals surface area (Å²) in [7, 11) is 0. The number of H-pyrrole nitrogens is 1. The molecule has 0 amide bonds. The lowest BCUT2D eigenvalue weighted by Crippen LogP contribution is -2.05. The van der Waals surface area contributed by atoms with Gasteiger partial charge in [-0.2, -0.15) is 4.98 Å². The minimum absolute atomic E-state index is 0.202. The third kappa shape index (κ3) is 2.13. The van der Waals surface area contributed by atoms with Gasteiger partial charge in [-0.3, -0.25) is 4.79 Å². The van der Waals surface area contributed by atoms with Crippen LogP contribution < -0.4 is 5.56 Å². The van der Waals surface area contributed by atoms with Crippen LogP contribution in [0.5, 0.6) is 0 Å². The number of hydrogen-bond acceptors (Lipinski definition) is 5. The van der Waals surface area contributed by atoms with Gasteiger partial charge in [-0.25, -0.2) is 4.98 Å². The summed E-state index contributed by atoms with van der Waals surface area (Å²) >= 11 is 0. The van der Waals surface area contributed by atoms with E-state index in [1.807, 2.05) is 18.2 Å². The molecule has 3 aromatic rings. The second-order valence-corrected chi connectivity index (χ2v) is 5.83. The summed E-state index contributed by atoms with van der Waals surface area (Å²) in [5, 5.41) is 3.95. The minimum atomic E-state index is -0.248. The Hall–Kier alpha value is -2.76. The molecule has 1 aliphatic carbocycles. The van der Waals surface area contributed by atoms with Crippen LogP contribution in [0.25, 0.3) is 23.0 Å². The Morgan fingerprint density at radius 3 is 2.86 bits per heavy atom. The van der Waals surface area contributed by atoms with E-state index < -0.39 is 0 Å². The van der Waals surface area contributed by atoms with Crippen molar-refractivity contribution in [2.45, 2.75) is 25.2 Å². The molecule has 110 valence electrons. The number of hydrogen-bond donors (Lipinski definition) is 1. The maximum Gasteiger partial charge on any atom is 0.258 e. The van der Waals surface area contributed by atoms with Gasteiger partial charge in [0.2, 0.25) is 5.82 Å². The van der Waals surface area contributed by atoms with Crippen LogP contribution in [-0.2, 0) is 5.41 Å². The van der Waals surface area contributed by atoms with Crippen molar-refractivity contribution in [1.82, 2.24) is 20.1 Å². The van der Waals surface area contributed by atoms with Gasteiger partial charge < -0.3 is 9.51 Å². The van der Waals surface area contributed by atoms with Crippen LogP contribution in [0.4, 0.5) is 0 Å². The minimum Gasteiger partial charge on any atom is -0.334 e. The van der Waals surface area contributed by atoms with E-state index in [0.29, 0.717) is 17.4 Å². The quantitative estimate of drug-likeness (QED) is 0.802. The van der Waals surface area contributed by atoms with Crippen molar-refractivity contribution in [3.05, 3.63) is 52.6 Å². The molecule has 2 aromatic heterocycles. The lowest BCUT2D eigenvalue weighted by molar-refractivity contribution is 0.431. The molecule has 2 heterocycles. The predicted molar refractivity (Wildman–Crippen MR) is 80.2 cm³/mol. The zero-order chi connectivity index (χ0) is 15.2. The molecule has 22 heavy (non-hydrogen) atoms. The lowest BCUT2D eigenvalue weighted by Gasteiger charge is -2.11. The summed E-state index contributed by atoms with van der Waals surface area (Å²) in [4.78, 5) is 22.3. The van der Waals surface area contributed by atoms with Gasteiger partial charge in [0.05, 0.1) is 6.33 Å². The highest BCUT2D eigenvalue weighted by Gasteiger charge is 2.41. The highest BCUT2D eigenvalue weighted by atomic mass is 16.5. The van der Waals surface area contributed by atoms with Crippen molar-refractivity contribution in [3.63, 3.8) is 0 Å². The average Bonchev–Trinajstić information content (AvgIpc) is 3.11. The van der Waals surface area contributed by atoms with Crippen LogP contribution in [0, 0.1) is 0 Å². The molecule has 0 atom stereocenters. The molecule has 1 aliphatic rings. The molecule has 0 bridgehead atoms. The van der Waals surface area contributed by atoms with Crippen LogP contribution in [0.2, 0.25) is 0 Å². The third-order valence-electron chi connectivity index (χ3n) is 4.14. The standard InChI is InChI=1S/C16H14N4O2/c1-16(6-7-16)11-5-3-2-4-10(11)15-19-14(20-22-15)12-8-13(21)18-9-17-12/h2-5,8-9H,6-7H2,1H3,(H,17,18,21). The van der Waals surface area contributed by atoms with Crippen molar-refractivity contribution < 1.29 is 4.52 Å². The van der Waals surface area contributed by atoms with E-state index in [0.717, 1.165) is 5.56 Å². The van der Waals surface area contributed by atoms with Gasteiger partial charge in [-0.1, -0.05) is 30.3 Å². The smallest absolute Gasteiger partial charge is 0.258 e. The molecule has 1 aromatic carbocycles. The molecule has 6 heteroatoms. The molecule has 6 nitrogen and oxygen atoms in total. The maximum absolute atomic E-state index is 11.4. The summed E-state index contributed by atoms with van der Waals surface area (Å²) in [6.07, 6.45) is 3.66. The first-order valence-corrected chi connectivity index (χ1v) is 7.14. The van der Waals surface area contributed by atoms with Crippen LogP contribution in [0.15, 0.2) is 46.0 Å². The van der Waals surface area contributed by atoms with Gasteiger partial charge in [0.15, 0.2) is 0 Å². The Morgan fingerprint density at radius 1 is 1.27 bits per heavy atom. The Balaban J connectivity index is 1.78. The molecule has 1 fully saturated rings. The lowest BCUT2D eigenvalue weighted by atomic mass is 9.93. The van der Waals surface area contributed by atoms with Crippen molar-refractivity contribution in [3.8, 4) is 23.0 Å². The monoisotopic (exact) mass is 294 g/mol. The molecule has 4 rings (SSSR count). The van der Waals surface area contributed by atoms with Crippen molar-refractivity contribution in [2.75, 3.05) is 0 Å². The molecular formula is C16H14N4O2. The molecule has 1 saturated carbocycles. The van der Waals surface area contributed by atoms with Gasteiger partial charge >= 0.3 is 0 Å². The summed E-state index contributed by atoms with van der Waals surface area (Å²) in [5.74, 6) is 0.776. The number of nitrogens with one attached hydrogen (secondary N) is 1. The Bertz CT molecular complexity index is 893. The average molecular weight is 294 g/mol. The molecule has 0 aliphatic heterocycles. The molecule has 0 radical (unpaired) electrons. The van der Waals surface area contributed by atoms with Gasteiger partial charge in [-0.15, -0.1) is 0 Å². The summed E-state index contributed by atoms with van der Waals surface area (Å²) in [6, 6.07) is 9.43. The molecule has 0 unspecified atom stereocenters. The normalized spacial score (nSPS) is 15.7. The fourth-order valence-corrected chi connectivity index (χ4v) is 2.58. The summed E-state index contributed by atoms with van der Waals surface area (Å²) in [6.45, 7) is 2.24. The SMILES string of the molecule is CC1(c2ccccc2-c2nc(-c3cc(=O)[nH]cn3)no2)CC1. The first kappa shape index (κ1) is 12.9. The van der Waals surface area contributed by atoms with Gasteiger partial charge in [0.25, 0.3) is 11.4 Å². The van der Waals surface area contributed by atoms with E-state index in [2.05, 4.69) is 33.1 Å². The topological polar surface area (TPSA) is 84.7 Å². The van der Waals surface area contributed by atoms with E-state index in [4.69, 9.17) is 4.52 Å². The molecular weight excluding hydrogens is 280 g/mol. The largest absolute Gasteiger partial charge is 0.334 e. The number of aromatic amines is 1. The second kappa shape index (κ2) is 4.62. The van der Waals surface area contributed by atoms with Crippen LogP contribution in [0.1, 0.15) is 25.3 Å². The number of benzene rings is 1. The summed E-state index contributed by atoms with van der Waals surface area (Å²) in [5.41, 5.74) is 2.53. The van der Waals surface area contributed by atoms with E-state index in [1.165, 1.54) is 30.8 Å². The molecule has 0 saturated heterocycles.